The molecule has 1 aliphatic heterocycles. The number of aromatic nitrogens is 2. The van der Waals surface area contributed by atoms with Gasteiger partial charge in [-0.2, -0.15) is 0 Å². The molecule has 22 heavy (non-hydrogen) atoms. The fraction of sp³-hybridized carbons (Fsp3) is 0.312. The fourth-order valence-corrected chi connectivity index (χ4v) is 3.05. The van der Waals surface area contributed by atoms with Crippen LogP contribution in [0.1, 0.15) is 40.8 Å². The number of pyridine rings is 1. The van der Waals surface area contributed by atoms with Crippen LogP contribution in [-0.2, 0) is 0 Å². The minimum Gasteiger partial charge on any atom is -0.464 e. The van der Waals surface area contributed by atoms with Crippen molar-refractivity contribution in [3.05, 3.63) is 47.8 Å². The lowest BCUT2D eigenvalue weighted by molar-refractivity contribution is 0.0711. The van der Waals surface area contributed by atoms with Gasteiger partial charge in [0.1, 0.15) is 11.3 Å². The van der Waals surface area contributed by atoms with Gasteiger partial charge in [-0.15, -0.1) is 0 Å². The number of furan rings is 1. The zero-order valence-electron chi connectivity index (χ0n) is 12.2. The molecule has 3 aromatic rings. The molecule has 1 amide bonds. The van der Waals surface area contributed by atoms with Crippen molar-refractivity contribution in [1.29, 1.82) is 0 Å². The van der Waals surface area contributed by atoms with Crippen molar-refractivity contribution in [2.45, 2.75) is 25.8 Å². The van der Waals surface area contributed by atoms with Crippen molar-refractivity contribution in [1.82, 2.24) is 15.0 Å². The van der Waals surface area contributed by atoms with Crippen LogP contribution in [-0.4, -0.2) is 27.5 Å². The predicted octanol–water partition coefficient (Wildman–Crippen LogP) is 3.10. The molecule has 4 heterocycles. The van der Waals surface area contributed by atoms with Crippen LogP contribution in [0.4, 0.5) is 0 Å². The van der Waals surface area contributed by atoms with Gasteiger partial charge in [-0.1, -0.05) is 5.16 Å². The Kier molecular flexibility index (Phi) is 2.96. The first-order chi connectivity index (χ1) is 10.7. The quantitative estimate of drug-likeness (QED) is 0.726. The average molecular weight is 297 g/mol. The van der Waals surface area contributed by atoms with E-state index in [2.05, 4.69) is 10.1 Å². The molecule has 6 heteroatoms. The second-order valence-corrected chi connectivity index (χ2v) is 5.52. The molecule has 6 nitrogen and oxygen atoms in total. The molecule has 1 saturated heterocycles. The normalized spacial score (nSPS) is 18.2. The van der Waals surface area contributed by atoms with E-state index in [4.69, 9.17) is 8.94 Å². The number of amides is 1. The summed E-state index contributed by atoms with van der Waals surface area (Å²) < 4.78 is 10.7. The summed E-state index contributed by atoms with van der Waals surface area (Å²) in [7, 11) is 0. The lowest BCUT2D eigenvalue weighted by Gasteiger charge is -2.22. The molecule has 0 radical (unpaired) electrons. The molecule has 1 atom stereocenters. The van der Waals surface area contributed by atoms with E-state index in [1.807, 2.05) is 17.9 Å². The number of hydrogen-bond acceptors (Lipinski definition) is 5. The lowest BCUT2D eigenvalue weighted by atomic mass is 10.1. The van der Waals surface area contributed by atoms with E-state index >= 15 is 0 Å². The summed E-state index contributed by atoms with van der Waals surface area (Å²) in [5.74, 6) is 0.645. The van der Waals surface area contributed by atoms with Gasteiger partial charge in [-0.3, -0.25) is 9.78 Å². The van der Waals surface area contributed by atoms with Gasteiger partial charge >= 0.3 is 0 Å². The third-order valence-corrected chi connectivity index (χ3v) is 4.07. The van der Waals surface area contributed by atoms with Crippen LogP contribution < -0.4 is 0 Å². The molecule has 3 aromatic heterocycles. The number of rotatable bonds is 2. The Labute approximate surface area is 126 Å². The maximum atomic E-state index is 12.9. The topological polar surface area (TPSA) is 72.4 Å². The molecule has 0 aliphatic carbocycles. The first kappa shape index (κ1) is 13.1. The highest BCUT2D eigenvalue weighted by atomic mass is 16.5. The molecule has 0 aromatic carbocycles. The number of nitrogens with zero attached hydrogens (tertiary/aromatic N) is 3. The van der Waals surface area contributed by atoms with Crippen molar-refractivity contribution < 1.29 is 13.7 Å². The molecule has 0 N–H and O–H groups in total. The van der Waals surface area contributed by atoms with Gasteiger partial charge in [0.2, 0.25) is 0 Å². The summed E-state index contributed by atoms with van der Waals surface area (Å²) in [4.78, 5) is 19.0. The van der Waals surface area contributed by atoms with Crippen LogP contribution in [0.15, 0.2) is 39.6 Å². The Balaban J connectivity index is 1.71. The van der Waals surface area contributed by atoms with Gasteiger partial charge in [0.15, 0.2) is 5.76 Å². The Morgan fingerprint density at radius 2 is 2.32 bits per heavy atom. The van der Waals surface area contributed by atoms with Gasteiger partial charge in [-0.05, 0) is 31.9 Å². The molecule has 0 bridgehead atoms. The maximum absolute atomic E-state index is 12.9. The molecule has 1 fully saturated rings. The Hall–Kier alpha value is -2.63. The monoisotopic (exact) mass is 297 g/mol. The van der Waals surface area contributed by atoms with Crippen LogP contribution in [0.25, 0.3) is 11.0 Å². The second-order valence-electron chi connectivity index (χ2n) is 5.52. The zero-order valence-corrected chi connectivity index (χ0v) is 12.2. The number of likely N-dealkylation sites (tertiary alicyclic amines) is 1. The van der Waals surface area contributed by atoms with E-state index in [1.165, 1.54) is 0 Å². The molecule has 1 aliphatic rings. The van der Waals surface area contributed by atoms with Crippen molar-refractivity contribution >= 4 is 16.9 Å². The van der Waals surface area contributed by atoms with Crippen molar-refractivity contribution in [3.63, 3.8) is 0 Å². The fourth-order valence-electron chi connectivity index (χ4n) is 3.05. The summed E-state index contributed by atoms with van der Waals surface area (Å²) in [6.45, 7) is 2.57. The minimum atomic E-state index is -0.0939. The van der Waals surface area contributed by atoms with Crippen LogP contribution in [0.3, 0.4) is 0 Å². The van der Waals surface area contributed by atoms with E-state index in [9.17, 15) is 4.79 Å². The average Bonchev–Trinajstić information content (AvgIpc) is 3.25. The van der Waals surface area contributed by atoms with Crippen molar-refractivity contribution in [2.75, 3.05) is 6.54 Å². The minimum absolute atomic E-state index is 0.0716. The summed E-state index contributed by atoms with van der Waals surface area (Å²) >= 11 is 0. The van der Waals surface area contributed by atoms with Crippen LogP contribution in [0.5, 0.6) is 0 Å². The third kappa shape index (κ3) is 1.99. The molecular weight excluding hydrogens is 282 g/mol. The van der Waals surface area contributed by atoms with Gasteiger partial charge < -0.3 is 13.8 Å². The molecule has 0 saturated carbocycles. The number of aryl methyl sites for hydroxylation is 1. The summed E-state index contributed by atoms with van der Waals surface area (Å²) in [5, 5.41) is 4.67. The standard InChI is InChI=1S/C16H15N3O3/c1-10-9-14(22-18-10)12-3-2-7-19(12)16(20)15-11-5-8-21-13(11)4-6-17-15/h4-6,8-9,12H,2-3,7H2,1H3. The first-order valence-electron chi connectivity index (χ1n) is 7.30. The Morgan fingerprint density at radius 1 is 1.41 bits per heavy atom. The van der Waals surface area contributed by atoms with Gasteiger partial charge in [0.05, 0.1) is 23.4 Å². The summed E-state index contributed by atoms with van der Waals surface area (Å²) in [6.07, 6.45) is 4.99. The summed E-state index contributed by atoms with van der Waals surface area (Å²) in [5.41, 5.74) is 1.92. The predicted molar refractivity (Wildman–Crippen MR) is 78.3 cm³/mol. The van der Waals surface area contributed by atoms with Gasteiger partial charge in [-0.25, -0.2) is 0 Å². The highest BCUT2D eigenvalue weighted by Crippen LogP contribution is 2.34. The zero-order chi connectivity index (χ0) is 15.1. The Morgan fingerprint density at radius 3 is 3.14 bits per heavy atom. The van der Waals surface area contributed by atoms with Crippen molar-refractivity contribution in [2.24, 2.45) is 0 Å². The third-order valence-electron chi connectivity index (χ3n) is 4.07. The highest BCUT2D eigenvalue weighted by Gasteiger charge is 2.34. The van der Waals surface area contributed by atoms with E-state index in [1.54, 1.807) is 24.6 Å². The highest BCUT2D eigenvalue weighted by molar-refractivity contribution is 6.04. The van der Waals surface area contributed by atoms with E-state index < -0.39 is 0 Å². The second kappa shape index (κ2) is 4.98. The molecule has 1 unspecified atom stereocenters. The molecule has 112 valence electrons. The van der Waals surface area contributed by atoms with E-state index in [0.29, 0.717) is 17.8 Å². The van der Waals surface area contributed by atoms with Crippen LogP contribution >= 0.6 is 0 Å². The first-order valence-corrected chi connectivity index (χ1v) is 7.30. The molecule has 4 rings (SSSR count). The van der Waals surface area contributed by atoms with Crippen LogP contribution in [0, 0.1) is 6.92 Å². The maximum Gasteiger partial charge on any atom is 0.273 e. The van der Waals surface area contributed by atoms with Gasteiger partial charge in [0.25, 0.3) is 5.91 Å². The largest absolute Gasteiger partial charge is 0.464 e. The van der Waals surface area contributed by atoms with Crippen molar-refractivity contribution in [3.8, 4) is 0 Å². The van der Waals surface area contributed by atoms with Crippen LogP contribution in [0.2, 0.25) is 0 Å². The van der Waals surface area contributed by atoms with E-state index in [-0.39, 0.29) is 11.9 Å². The number of hydrogen-bond donors (Lipinski definition) is 0. The van der Waals surface area contributed by atoms with Gasteiger partial charge in [0, 0.05) is 18.8 Å². The number of carbonyl (C=O) groups is 1. The number of fused-ring (bicyclic) bond motifs is 1. The molecular formula is C16H15N3O3. The SMILES string of the molecule is Cc1cc(C2CCCN2C(=O)c2nccc3occc23)on1. The molecule has 0 spiro atoms. The van der Waals surface area contributed by atoms with E-state index in [0.717, 1.165) is 29.7 Å². The Bertz CT molecular complexity index is 836. The lowest BCUT2D eigenvalue weighted by Crippen LogP contribution is -2.31. The summed E-state index contributed by atoms with van der Waals surface area (Å²) in [6, 6.07) is 5.35. The smallest absolute Gasteiger partial charge is 0.273 e. The number of carbonyl (C=O) groups excluding carboxylic acids is 1.